The van der Waals surface area contributed by atoms with Crippen LogP contribution in [0.1, 0.15) is 49.9 Å². The average Bonchev–Trinajstić information content (AvgIpc) is 2.99. The van der Waals surface area contributed by atoms with Crippen LogP contribution in [0.2, 0.25) is 0 Å². The fraction of sp³-hybridized carbons (Fsp3) is 0.600. The molecule has 3 aliphatic heterocycles. The van der Waals surface area contributed by atoms with Crippen molar-refractivity contribution in [3.63, 3.8) is 0 Å². The Bertz CT molecular complexity index is 713. The minimum absolute atomic E-state index is 0.00199. The van der Waals surface area contributed by atoms with E-state index in [1.54, 1.807) is 0 Å². The summed E-state index contributed by atoms with van der Waals surface area (Å²) in [7, 11) is 0. The maximum absolute atomic E-state index is 13.1. The Morgan fingerprint density at radius 2 is 1.96 bits per heavy atom. The number of carbonyl (C=O) groups excluding carboxylic acids is 2. The van der Waals surface area contributed by atoms with Gasteiger partial charge in [-0.1, -0.05) is 0 Å². The van der Waals surface area contributed by atoms with E-state index < -0.39 is 0 Å². The molecule has 26 heavy (non-hydrogen) atoms. The van der Waals surface area contributed by atoms with E-state index in [2.05, 4.69) is 24.1 Å². The van der Waals surface area contributed by atoms with Gasteiger partial charge in [0.25, 0.3) is 5.91 Å². The Labute approximate surface area is 159 Å². The number of anilines is 1. The monoisotopic (exact) mass is 373 g/mol. The molecule has 0 radical (unpaired) electrons. The Balaban J connectivity index is 1.49. The lowest BCUT2D eigenvalue weighted by Gasteiger charge is -2.41. The zero-order valence-electron chi connectivity index (χ0n) is 15.5. The molecule has 140 valence electrons. The molecule has 2 amide bonds. The Kier molecular flexibility index (Phi) is 4.97. The molecule has 0 aliphatic carbocycles. The fourth-order valence-corrected chi connectivity index (χ4v) is 5.50. The van der Waals surface area contributed by atoms with Crippen molar-refractivity contribution < 1.29 is 9.59 Å². The quantitative estimate of drug-likeness (QED) is 0.865. The molecule has 5 nitrogen and oxygen atoms in total. The molecule has 0 bridgehead atoms. The SMILES string of the molecule is CC1CCC(C)N1C1CCCN(C(=O)c2ccc3c(c2)NC(=O)CS3)C1. The maximum atomic E-state index is 13.1. The molecule has 1 aromatic carbocycles. The van der Waals surface area contributed by atoms with Crippen molar-refractivity contribution in [3.8, 4) is 0 Å². The van der Waals surface area contributed by atoms with E-state index in [9.17, 15) is 9.59 Å². The standard InChI is InChI=1S/C20H27N3O2S/c1-13-5-6-14(2)23(13)16-4-3-9-22(11-16)20(25)15-7-8-18-17(10-15)21-19(24)12-26-18/h7-8,10,13-14,16H,3-6,9,11-12H2,1-2H3,(H,21,24). The van der Waals surface area contributed by atoms with Crippen LogP contribution in [0.25, 0.3) is 0 Å². The van der Waals surface area contributed by atoms with Gasteiger partial charge >= 0.3 is 0 Å². The van der Waals surface area contributed by atoms with E-state index in [4.69, 9.17) is 0 Å². The number of nitrogens with zero attached hydrogens (tertiary/aromatic N) is 2. The van der Waals surface area contributed by atoms with E-state index in [-0.39, 0.29) is 11.8 Å². The third kappa shape index (κ3) is 3.37. The summed E-state index contributed by atoms with van der Waals surface area (Å²) >= 11 is 1.53. The van der Waals surface area contributed by atoms with E-state index in [1.165, 1.54) is 31.0 Å². The largest absolute Gasteiger partial charge is 0.337 e. The number of benzene rings is 1. The second-order valence-electron chi connectivity index (χ2n) is 7.82. The molecule has 0 saturated carbocycles. The highest BCUT2D eigenvalue weighted by Crippen LogP contribution is 2.33. The van der Waals surface area contributed by atoms with E-state index in [1.807, 2.05) is 23.1 Å². The van der Waals surface area contributed by atoms with Crippen LogP contribution in [0.4, 0.5) is 5.69 Å². The summed E-state index contributed by atoms with van der Waals surface area (Å²) in [4.78, 5) is 30.4. The van der Waals surface area contributed by atoms with Gasteiger partial charge < -0.3 is 10.2 Å². The molecule has 6 heteroatoms. The summed E-state index contributed by atoms with van der Waals surface area (Å²) in [5.41, 5.74) is 1.45. The van der Waals surface area contributed by atoms with Crippen molar-refractivity contribution in [2.24, 2.45) is 0 Å². The number of thioether (sulfide) groups is 1. The summed E-state index contributed by atoms with van der Waals surface area (Å²) < 4.78 is 0. The first-order valence-electron chi connectivity index (χ1n) is 9.66. The molecule has 1 N–H and O–H groups in total. The van der Waals surface area contributed by atoms with Crippen LogP contribution in [-0.2, 0) is 4.79 Å². The minimum atomic E-state index is 0.00199. The number of nitrogens with one attached hydrogen (secondary N) is 1. The topological polar surface area (TPSA) is 52.6 Å². The van der Waals surface area contributed by atoms with Crippen molar-refractivity contribution in [3.05, 3.63) is 23.8 Å². The van der Waals surface area contributed by atoms with Crippen LogP contribution >= 0.6 is 11.8 Å². The number of piperidine rings is 1. The molecule has 1 aromatic rings. The van der Waals surface area contributed by atoms with Gasteiger partial charge in [-0.25, -0.2) is 0 Å². The number of hydrogen-bond donors (Lipinski definition) is 1. The third-order valence-electron chi connectivity index (χ3n) is 5.98. The lowest BCUT2D eigenvalue weighted by atomic mass is 10.0. The summed E-state index contributed by atoms with van der Waals surface area (Å²) in [5, 5.41) is 2.88. The fourth-order valence-electron chi connectivity index (χ4n) is 4.72. The number of rotatable bonds is 2. The number of carbonyl (C=O) groups is 2. The molecule has 3 heterocycles. The zero-order valence-corrected chi connectivity index (χ0v) is 16.3. The predicted octanol–water partition coefficient (Wildman–Crippen LogP) is 3.21. The summed E-state index contributed by atoms with van der Waals surface area (Å²) in [6, 6.07) is 7.39. The van der Waals surface area contributed by atoms with Gasteiger partial charge in [-0.15, -0.1) is 11.8 Å². The molecule has 0 aromatic heterocycles. The van der Waals surface area contributed by atoms with Crippen molar-refractivity contribution >= 4 is 29.3 Å². The van der Waals surface area contributed by atoms with Gasteiger partial charge in [0.2, 0.25) is 5.91 Å². The molecule has 3 unspecified atom stereocenters. The van der Waals surface area contributed by atoms with Crippen molar-refractivity contribution in [2.75, 3.05) is 24.2 Å². The average molecular weight is 374 g/mol. The highest BCUT2D eigenvalue weighted by molar-refractivity contribution is 8.00. The second-order valence-corrected chi connectivity index (χ2v) is 8.83. The van der Waals surface area contributed by atoms with Gasteiger partial charge in [0, 0.05) is 41.7 Å². The Morgan fingerprint density at radius 1 is 1.19 bits per heavy atom. The van der Waals surface area contributed by atoms with Gasteiger partial charge in [0.05, 0.1) is 11.4 Å². The highest BCUT2D eigenvalue weighted by Gasteiger charge is 2.36. The van der Waals surface area contributed by atoms with Gasteiger partial charge in [-0.05, 0) is 57.7 Å². The van der Waals surface area contributed by atoms with Crippen molar-refractivity contribution in [1.82, 2.24) is 9.80 Å². The van der Waals surface area contributed by atoms with Crippen LogP contribution in [-0.4, -0.2) is 58.6 Å². The molecule has 2 saturated heterocycles. The maximum Gasteiger partial charge on any atom is 0.253 e. The van der Waals surface area contributed by atoms with Crippen LogP contribution in [0.3, 0.4) is 0 Å². The lowest BCUT2D eigenvalue weighted by Crippen LogP contribution is -2.52. The molecule has 2 fully saturated rings. The molecule has 0 spiro atoms. The van der Waals surface area contributed by atoms with Gasteiger partial charge in [0.15, 0.2) is 0 Å². The van der Waals surface area contributed by atoms with Crippen LogP contribution in [0.5, 0.6) is 0 Å². The first kappa shape index (κ1) is 17.9. The van der Waals surface area contributed by atoms with E-state index >= 15 is 0 Å². The molecular formula is C20H27N3O2S. The first-order chi connectivity index (χ1) is 12.5. The number of amides is 2. The molecule has 3 aliphatic rings. The van der Waals surface area contributed by atoms with E-state index in [0.29, 0.717) is 29.4 Å². The van der Waals surface area contributed by atoms with Gasteiger partial charge in [0.1, 0.15) is 0 Å². The van der Waals surface area contributed by atoms with Crippen LogP contribution < -0.4 is 5.32 Å². The summed E-state index contributed by atoms with van der Waals surface area (Å²) in [6.45, 7) is 6.26. The second kappa shape index (κ2) is 7.24. The third-order valence-corrected chi connectivity index (χ3v) is 7.06. The van der Waals surface area contributed by atoms with E-state index in [0.717, 1.165) is 30.1 Å². The Morgan fingerprint density at radius 3 is 2.73 bits per heavy atom. The van der Waals surface area contributed by atoms with Crippen molar-refractivity contribution in [2.45, 2.75) is 62.6 Å². The van der Waals surface area contributed by atoms with Crippen molar-refractivity contribution in [1.29, 1.82) is 0 Å². The lowest BCUT2D eigenvalue weighted by molar-refractivity contribution is -0.113. The van der Waals surface area contributed by atoms with Crippen LogP contribution in [0.15, 0.2) is 23.1 Å². The summed E-state index contributed by atoms with van der Waals surface area (Å²) in [5.74, 6) is 0.532. The number of fused-ring (bicyclic) bond motifs is 1. The molecular weight excluding hydrogens is 346 g/mol. The van der Waals surface area contributed by atoms with Crippen LogP contribution in [0, 0.1) is 0 Å². The molecule has 4 rings (SSSR count). The minimum Gasteiger partial charge on any atom is -0.337 e. The zero-order chi connectivity index (χ0) is 18.3. The first-order valence-corrected chi connectivity index (χ1v) is 10.6. The number of likely N-dealkylation sites (tertiary alicyclic amines) is 2. The van der Waals surface area contributed by atoms with Gasteiger partial charge in [-0.3, -0.25) is 14.5 Å². The highest BCUT2D eigenvalue weighted by atomic mass is 32.2. The van der Waals surface area contributed by atoms with Gasteiger partial charge in [-0.2, -0.15) is 0 Å². The normalized spacial score (nSPS) is 29.4. The number of hydrogen-bond acceptors (Lipinski definition) is 4. The summed E-state index contributed by atoms with van der Waals surface area (Å²) in [6.07, 6.45) is 4.75. The smallest absolute Gasteiger partial charge is 0.253 e. The Hall–Kier alpha value is -1.53. The predicted molar refractivity (Wildman–Crippen MR) is 105 cm³/mol. The molecule has 3 atom stereocenters.